The quantitative estimate of drug-likeness (QED) is 0.807. The first-order chi connectivity index (χ1) is 8.28. The third-order valence-corrected chi connectivity index (χ3v) is 2.64. The Hall–Kier alpha value is -1.40. The lowest BCUT2D eigenvalue weighted by molar-refractivity contribution is 0.0903. The molecule has 0 aliphatic carbocycles. The molecule has 0 saturated carbocycles. The van der Waals surface area contributed by atoms with Crippen LogP contribution in [0.25, 0.3) is 0 Å². The van der Waals surface area contributed by atoms with Crippen molar-refractivity contribution in [2.75, 3.05) is 31.4 Å². The minimum Gasteiger partial charge on any atom is -0.384 e. The van der Waals surface area contributed by atoms with Gasteiger partial charge in [0.25, 0.3) is 0 Å². The maximum atomic E-state index is 5.72. The lowest BCUT2D eigenvalue weighted by Gasteiger charge is -2.23. The lowest BCUT2D eigenvalue weighted by atomic mass is 10.1. The predicted octanol–water partition coefficient (Wildman–Crippen LogP) is 0.796. The van der Waals surface area contributed by atoms with Crippen LogP contribution < -0.4 is 11.1 Å². The summed E-state index contributed by atoms with van der Waals surface area (Å²) >= 11 is 0. The van der Waals surface area contributed by atoms with Crippen LogP contribution in [-0.2, 0) is 16.1 Å². The van der Waals surface area contributed by atoms with Gasteiger partial charge in [-0.15, -0.1) is 0 Å². The van der Waals surface area contributed by atoms with Crippen LogP contribution in [0.5, 0.6) is 0 Å². The van der Waals surface area contributed by atoms with Gasteiger partial charge in [-0.1, -0.05) is 0 Å². The Balaban J connectivity index is 2.03. The first-order valence-electron chi connectivity index (χ1n) is 5.74. The van der Waals surface area contributed by atoms with E-state index in [4.69, 9.17) is 15.2 Å². The van der Waals surface area contributed by atoms with Crippen molar-refractivity contribution in [2.24, 2.45) is 0 Å². The molecule has 0 radical (unpaired) electrons. The van der Waals surface area contributed by atoms with E-state index < -0.39 is 0 Å². The number of methoxy groups -OCH3 is 1. The van der Waals surface area contributed by atoms with E-state index in [0.29, 0.717) is 24.3 Å². The first kappa shape index (κ1) is 12.1. The molecule has 0 atom stereocenters. The molecule has 1 aliphatic heterocycles. The van der Waals surface area contributed by atoms with Crippen molar-refractivity contribution in [2.45, 2.75) is 25.5 Å². The van der Waals surface area contributed by atoms with Gasteiger partial charge in [-0.25, -0.2) is 9.97 Å². The fourth-order valence-corrected chi connectivity index (χ4v) is 1.84. The van der Waals surface area contributed by atoms with Crippen molar-refractivity contribution in [1.29, 1.82) is 0 Å². The molecule has 0 amide bonds. The van der Waals surface area contributed by atoms with Gasteiger partial charge in [-0.05, 0) is 12.8 Å². The summed E-state index contributed by atoms with van der Waals surface area (Å²) in [4.78, 5) is 8.44. The Morgan fingerprint density at radius 1 is 1.47 bits per heavy atom. The average molecular weight is 238 g/mol. The number of anilines is 2. The normalized spacial score (nSPS) is 17.0. The Labute approximate surface area is 101 Å². The number of nitrogens with one attached hydrogen (secondary N) is 1. The summed E-state index contributed by atoms with van der Waals surface area (Å²) in [5.74, 6) is 1.82. The maximum Gasteiger partial charge on any atom is 0.158 e. The molecule has 0 bridgehead atoms. The molecule has 6 nitrogen and oxygen atoms in total. The summed E-state index contributed by atoms with van der Waals surface area (Å²) in [6.45, 7) is 1.96. The van der Waals surface area contributed by atoms with Crippen LogP contribution in [0, 0.1) is 0 Å². The molecule has 0 aromatic carbocycles. The number of nitrogen functional groups attached to an aromatic ring is 1. The van der Waals surface area contributed by atoms with Gasteiger partial charge in [-0.2, -0.15) is 0 Å². The summed E-state index contributed by atoms with van der Waals surface area (Å²) in [6.07, 6.45) is 1.98. The molecule has 1 aromatic heterocycles. The molecule has 3 N–H and O–H groups in total. The highest BCUT2D eigenvalue weighted by Crippen LogP contribution is 2.15. The zero-order valence-corrected chi connectivity index (χ0v) is 9.98. The maximum absolute atomic E-state index is 5.72. The van der Waals surface area contributed by atoms with E-state index in [2.05, 4.69) is 15.3 Å². The minimum absolute atomic E-state index is 0.369. The highest BCUT2D eigenvalue weighted by Gasteiger charge is 2.14. The highest BCUT2D eigenvalue weighted by molar-refractivity contribution is 5.45. The largest absolute Gasteiger partial charge is 0.384 e. The summed E-state index contributed by atoms with van der Waals surface area (Å²) in [7, 11) is 1.61. The van der Waals surface area contributed by atoms with E-state index >= 15 is 0 Å². The zero-order valence-electron chi connectivity index (χ0n) is 9.98. The fraction of sp³-hybridized carbons (Fsp3) is 0.636. The van der Waals surface area contributed by atoms with E-state index in [-0.39, 0.29) is 0 Å². The van der Waals surface area contributed by atoms with Crippen molar-refractivity contribution in [3.8, 4) is 0 Å². The molecule has 2 rings (SSSR count). The summed E-state index contributed by atoms with van der Waals surface area (Å²) in [6, 6.07) is 2.14. The molecule has 1 fully saturated rings. The van der Waals surface area contributed by atoms with E-state index in [9.17, 15) is 0 Å². The SMILES string of the molecule is COCc1nc(N)cc(NC2CCOCC2)n1. The number of hydrogen-bond donors (Lipinski definition) is 2. The van der Waals surface area contributed by atoms with Gasteiger partial charge in [0.05, 0.1) is 0 Å². The fourth-order valence-electron chi connectivity index (χ4n) is 1.84. The van der Waals surface area contributed by atoms with Crippen LogP contribution in [0.4, 0.5) is 11.6 Å². The number of hydrogen-bond acceptors (Lipinski definition) is 6. The van der Waals surface area contributed by atoms with E-state index in [1.54, 1.807) is 13.2 Å². The van der Waals surface area contributed by atoms with Gasteiger partial charge in [0.1, 0.15) is 18.2 Å². The molecule has 17 heavy (non-hydrogen) atoms. The summed E-state index contributed by atoms with van der Waals surface area (Å²) < 4.78 is 10.3. The Bertz CT molecular complexity index is 366. The van der Waals surface area contributed by atoms with Crippen LogP contribution in [-0.4, -0.2) is 36.3 Å². The third kappa shape index (κ3) is 3.54. The molecule has 1 aliphatic rings. The van der Waals surface area contributed by atoms with Gasteiger partial charge in [0.15, 0.2) is 5.82 Å². The predicted molar refractivity (Wildman–Crippen MR) is 64.6 cm³/mol. The molecular weight excluding hydrogens is 220 g/mol. The number of rotatable bonds is 4. The molecule has 1 aromatic rings. The Morgan fingerprint density at radius 2 is 2.24 bits per heavy atom. The summed E-state index contributed by atoms with van der Waals surface area (Å²) in [5, 5.41) is 3.35. The van der Waals surface area contributed by atoms with Crippen molar-refractivity contribution in [3.05, 3.63) is 11.9 Å². The van der Waals surface area contributed by atoms with Gasteiger partial charge in [-0.3, -0.25) is 0 Å². The monoisotopic (exact) mass is 238 g/mol. The highest BCUT2D eigenvalue weighted by atomic mass is 16.5. The van der Waals surface area contributed by atoms with Crippen LogP contribution in [0.15, 0.2) is 6.07 Å². The van der Waals surface area contributed by atoms with Crippen LogP contribution in [0.3, 0.4) is 0 Å². The number of nitrogens with two attached hydrogens (primary N) is 1. The molecule has 0 spiro atoms. The van der Waals surface area contributed by atoms with Gasteiger partial charge >= 0.3 is 0 Å². The van der Waals surface area contributed by atoms with Crippen molar-refractivity contribution in [1.82, 2.24) is 9.97 Å². The lowest BCUT2D eigenvalue weighted by Crippen LogP contribution is -2.28. The standard InChI is InChI=1S/C11H18N4O2/c1-16-7-11-14-9(12)6-10(15-11)13-8-2-4-17-5-3-8/h6,8H,2-5,7H2,1H3,(H3,12,13,14,15). The molecule has 94 valence electrons. The topological polar surface area (TPSA) is 82.3 Å². The molecule has 2 heterocycles. The number of aromatic nitrogens is 2. The molecular formula is C11H18N4O2. The van der Waals surface area contributed by atoms with Crippen LogP contribution in [0.2, 0.25) is 0 Å². The average Bonchev–Trinajstić information content (AvgIpc) is 2.30. The number of ether oxygens (including phenoxy) is 2. The van der Waals surface area contributed by atoms with E-state index in [1.807, 2.05) is 0 Å². The molecule has 1 saturated heterocycles. The van der Waals surface area contributed by atoms with E-state index in [0.717, 1.165) is 31.9 Å². The number of nitrogens with zero attached hydrogens (tertiary/aromatic N) is 2. The van der Waals surface area contributed by atoms with Gasteiger partial charge in [0, 0.05) is 32.4 Å². The Morgan fingerprint density at radius 3 is 2.94 bits per heavy atom. The molecule has 6 heteroatoms. The first-order valence-corrected chi connectivity index (χ1v) is 5.74. The van der Waals surface area contributed by atoms with Gasteiger partial charge in [0.2, 0.25) is 0 Å². The van der Waals surface area contributed by atoms with Crippen LogP contribution in [0.1, 0.15) is 18.7 Å². The van der Waals surface area contributed by atoms with Gasteiger partial charge < -0.3 is 20.5 Å². The third-order valence-electron chi connectivity index (χ3n) is 2.64. The van der Waals surface area contributed by atoms with E-state index in [1.165, 1.54) is 0 Å². The Kier molecular flexibility index (Phi) is 4.11. The zero-order chi connectivity index (χ0) is 12.1. The second kappa shape index (κ2) is 5.79. The van der Waals surface area contributed by atoms with Crippen LogP contribution >= 0.6 is 0 Å². The van der Waals surface area contributed by atoms with Crippen molar-refractivity contribution in [3.63, 3.8) is 0 Å². The summed E-state index contributed by atoms with van der Waals surface area (Å²) in [5.41, 5.74) is 5.72. The second-order valence-electron chi connectivity index (χ2n) is 4.06. The van der Waals surface area contributed by atoms with Crippen molar-refractivity contribution >= 4 is 11.6 Å². The smallest absolute Gasteiger partial charge is 0.158 e. The molecule has 0 unspecified atom stereocenters. The minimum atomic E-state index is 0.369. The second-order valence-corrected chi connectivity index (χ2v) is 4.06. The van der Waals surface area contributed by atoms with Crippen molar-refractivity contribution < 1.29 is 9.47 Å².